The molecular formula is C14H14BrN3O3. The van der Waals surface area contributed by atoms with Gasteiger partial charge in [0.05, 0.1) is 18.9 Å². The van der Waals surface area contributed by atoms with Crippen LogP contribution in [0.4, 0.5) is 5.69 Å². The second kappa shape index (κ2) is 5.87. The molecule has 21 heavy (non-hydrogen) atoms. The van der Waals surface area contributed by atoms with Gasteiger partial charge in [0.2, 0.25) is 0 Å². The number of carbonyl (C=O) groups is 1. The number of benzene rings is 1. The molecule has 6 nitrogen and oxygen atoms in total. The van der Waals surface area contributed by atoms with Gasteiger partial charge >= 0.3 is 5.97 Å². The predicted molar refractivity (Wildman–Crippen MR) is 81.7 cm³/mol. The molecule has 2 heterocycles. The number of rotatable bonds is 3. The summed E-state index contributed by atoms with van der Waals surface area (Å²) in [5.74, 6) is -1.02. The molecule has 0 aliphatic carbocycles. The Morgan fingerprint density at radius 3 is 2.76 bits per heavy atom. The van der Waals surface area contributed by atoms with E-state index < -0.39 is 5.97 Å². The zero-order valence-electron chi connectivity index (χ0n) is 11.2. The molecule has 3 rings (SSSR count). The molecule has 7 heteroatoms. The fourth-order valence-electron chi connectivity index (χ4n) is 2.36. The van der Waals surface area contributed by atoms with Crippen LogP contribution in [0.25, 0.3) is 11.3 Å². The summed E-state index contributed by atoms with van der Waals surface area (Å²) >= 11 is 3.46. The highest BCUT2D eigenvalue weighted by Gasteiger charge is 2.18. The third kappa shape index (κ3) is 2.93. The van der Waals surface area contributed by atoms with E-state index in [-0.39, 0.29) is 5.69 Å². The fraction of sp³-hybridized carbons (Fsp3) is 0.286. The Hall–Kier alpha value is -1.86. The molecule has 1 saturated heterocycles. The lowest BCUT2D eigenvalue weighted by molar-refractivity contribution is 0.0690. The van der Waals surface area contributed by atoms with E-state index >= 15 is 0 Å². The van der Waals surface area contributed by atoms with Crippen LogP contribution in [0.2, 0.25) is 0 Å². The van der Waals surface area contributed by atoms with Crippen molar-refractivity contribution in [3.63, 3.8) is 0 Å². The third-order valence-electron chi connectivity index (χ3n) is 3.39. The minimum absolute atomic E-state index is 0.0814. The molecule has 0 bridgehead atoms. The maximum Gasteiger partial charge on any atom is 0.353 e. The number of ether oxygens (including phenoxy) is 1. The molecule has 0 spiro atoms. The van der Waals surface area contributed by atoms with Gasteiger partial charge in [-0.15, -0.1) is 0 Å². The number of hydrogen-bond acceptors (Lipinski definition) is 4. The normalized spacial score (nSPS) is 15.2. The molecule has 1 aromatic heterocycles. The number of H-pyrrole nitrogens is 1. The van der Waals surface area contributed by atoms with Crippen LogP contribution in [-0.4, -0.2) is 47.6 Å². The quantitative estimate of drug-likeness (QED) is 0.887. The number of halogens is 1. The number of carboxylic acids is 1. The maximum absolute atomic E-state index is 11.0. The Morgan fingerprint density at radius 2 is 2.10 bits per heavy atom. The number of carboxylic acid groups (broad SMARTS) is 1. The first-order chi connectivity index (χ1) is 10.1. The smallest absolute Gasteiger partial charge is 0.353 e. The molecule has 0 unspecified atom stereocenters. The Balaban J connectivity index is 2.02. The van der Waals surface area contributed by atoms with Gasteiger partial charge in [-0.1, -0.05) is 15.9 Å². The van der Waals surface area contributed by atoms with Crippen LogP contribution in [0.3, 0.4) is 0 Å². The van der Waals surface area contributed by atoms with Crippen molar-refractivity contribution in [1.29, 1.82) is 0 Å². The number of morpholine rings is 1. The number of aromatic carboxylic acids is 1. The lowest BCUT2D eigenvalue weighted by Gasteiger charge is -2.30. The van der Waals surface area contributed by atoms with Gasteiger partial charge in [-0.05, 0) is 24.3 Å². The largest absolute Gasteiger partial charge is 0.477 e. The van der Waals surface area contributed by atoms with Gasteiger partial charge in [0, 0.05) is 28.8 Å². The highest BCUT2D eigenvalue weighted by molar-refractivity contribution is 9.10. The van der Waals surface area contributed by atoms with Crippen molar-refractivity contribution in [3.05, 3.63) is 34.4 Å². The molecule has 1 aliphatic heterocycles. The monoisotopic (exact) mass is 351 g/mol. The standard InChI is InChI=1S/C14H14BrN3O3/c15-9-1-2-13(18-3-5-21-6-4-18)10(7-9)11-8-12(14(19)20)17-16-11/h1-2,7-8H,3-6H2,(H,16,17)(H,19,20). The Bertz CT molecular complexity index is 665. The van der Waals surface area contributed by atoms with Crippen molar-refractivity contribution < 1.29 is 14.6 Å². The lowest BCUT2D eigenvalue weighted by Crippen LogP contribution is -2.36. The van der Waals surface area contributed by atoms with E-state index in [2.05, 4.69) is 31.0 Å². The zero-order chi connectivity index (χ0) is 14.8. The Morgan fingerprint density at radius 1 is 1.33 bits per heavy atom. The van der Waals surface area contributed by atoms with E-state index in [1.807, 2.05) is 18.2 Å². The molecule has 0 saturated carbocycles. The molecule has 0 atom stereocenters. The van der Waals surface area contributed by atoms with Crippen LogP contribution in [-0.2, 0) is 4.74 Å². The highest BCUT2D eigenvalue weighted by Crippen LogP contribution is 2.33. The molecule has 1 aromatic carbocycles. The van der Waals surface area contributed by atoms with Crippen molar-refractivity contribution in [1.82, 2.24) is 10.2 Å². The minimum Gasteiger partial charge on any atom is -0.477 e. The van der Waals surface area contributed by atoms with Crippen LogP contribution < -0.4 is 4.90 Å². The average Bonchev–Trinajstić information content (AvgIpc) is 2.98. The van der Waals surface area contributed by atoms with E-state index in [1.165, 1.54) is 0 Å². The van der Waals surface area contributed by atoms with Gasteiger partial charge < -0.3 is 14.7 Å². The first-order valence-electron chi connectivity index (χ1n) is 6.56. The second-order valence-corrected chi connectivity index (χ2v) is 5.65. The summed E-state index contributed by atoms with van der Waals surface area (Å²) < 4.78 is 6.30. The third-order valence-corrected chi connectivity index (χ3v) is 3.89. The molecule has 110 valence electrons. The number of anilines is 1. The van der Waals surface area contributed by atoms with Gasteiger partial charge in [-0.3, -0.25) is 5.10 Å². The summed E-state index contributed by atoms with van der Waals surface area (Å²) in [6, 6.07) is 7.49. The van der Waals surface area contributed by atoms with Crippen LogP contribution in [0, 0.1) is 0 Å². The van der Waals surface area contributed by atoms with Crippen molar-refractivity contribution in [2.24, 2.45) is 0 Å². The summed E-state index contributed by atoms with van der Waals surface area (Å²) in [4.78, 5) is 13.2. The summed E-state index contributed by atoms with van der Waals surface area (Å²) in [6.45, 7) is 3.00. The second-order valence-electron chi connectivity index (χ2n) is 4.73. The van der Waals surface area contributed by atoms with Crippen molar-refractivity contribution in [2.45, 2.75) is 0 Å². The van der Waals surface area contributed by atoms with Crippen LogP contribution in [0.15, 0.2) is 28.7 Å². The topological polar surface area (TPSA) is 78.4 Å². The number of hydrogen-bond donors (Lipinski definition) is 2. The van der Waals surface area contributed by atoms with Crippen LogP contribution >= 0.6 is 15.9 Å². The molecule has 2 aromatic rings. The SMILES string of the molecule is O=C(O)c1cc(-c2cc(Br)ccc2N2CCOCC2)n[nH]1. The summed E-state index contributed by atoms with van der Waals surface area (Å²) in [5.41, 5.74) is 2.63. The van der Waals surface area contributed by atoms with E-state index in [9.17, 15) is 4.79 Å². The Labute approximate surface area is 129 Å². The number of aromatic nitrogens is 2. The Kier molecular flexibility index (Phi) is 3.94. The van der Waals surface area contributed by atoms with Crippen LogP contribution in [0.5, 0.6) is 0 Å². The number of aromatic amines is 1. The van der Waals surface area contributed by atoms with Crippen molar-refractivity contribution in [3.8, 4) is 11.3 Å². The predicted octanol–water partition coefficient (Wildman–Crippen LogP) is 2.37. The first kappa shape index (κ1) is 14.1. The van der Waals surface area contributed by atoms with Gasteiger partial charge in [-0.2, -0.15) is 5.10 Å². The minimum atomic E-state index is -1.02. The summed E-state index contributed by atoms with van der Waals surface area (Å²) in [7, 11) is 0. The van der Waals surface area contributed by atoms with Gasteiger partial charge in [0.1, 0.15) is 5.69 Å². The molecule has 1 fully saturated rings. The maximum atomic E-state index is 11.0. The molecule has 0 radical (unpaired) electrons. The zero-order valence-corrected chi connectivity index (χ0v) is 12.8. The summed E-state index contributed by atoms with van der Waals surface area (Å²) in [6.07, 6.45) is 0. The van der Waals surface area contributed by atoms with Crippen LogP contribution in [0.1, 0.15) is 10.5 Å². The number of nitrogens with one attached hydrogen (secondary N) is 1. The summed E-state index contributed by atoms with van der Waals surface area (Å²) in [5, 5.41) is 15.7. The molecule has 0 amide bonds. The lowest BCUT2D eigenvalue weighted by atomic mass is 10.1. The fourth-order valence-corrected chi connectivity index (χ4v) is 2.72. The van der Waals surface area contributed by atoms with Crippen molar-refractivity contribution >= 4 is 27.6 Å². The molecular weight excluding hydrogens is 338 g/mol. The molecule has 1 aliphatic rings. The highest BCUT2D eigenvalue weighted by atomic mass is 79.9. The average molecular weight is 352 g/mol. The van der Waals surface area contributed by atoms with E-state index in [0.29, 0.717) is 18.9 Å². The van der Waals surface area contributed by atoms with Crippen molar-refractivity contribution in [2.75, 3.05) is 31.2 Å². The van der Waals surface area contributed by atoms with E-state index in [4.69, 9.17) is 9.84 Å². The van der Waals surface area contributed by atoms with Gasteiger partial charge in [0.15, 0.2) is 0 Å². The van der Waals surface area contributed by atoms with E-state index in [1.54, 1.807) is 6.07 Å². The number of nitrogens with zero attached hydrogens (tertiary/aromatic N) is 2. The van der Waals surface area contributed by atoms with Gasteiger partial charge in [-0.25, -0.2) is 4.79 Å². The molecule has 2 N–H and O–H groups in total. The van der Waals surface area contributed by atoms with Gasteiger partial charge in [0.25, 0.3) is 0 Å². The van der Waals surface area contributed by atoms with E-state index in [0.717, 1.165) is 28.8 Å². The first-order valence-corrected chi connectivity index (χ1v) is 7.36.